The number of hydrogen-bond acceptors (Lipinski definition) is 7. The second-order valence-corrected chi connectivity index (χ2v) is 8.47. The molecule has 2 amide bonds. The van der Waals surface area contributed by atoms with Gasteiger partial charge in [-0.2, -0.15) is 0 Å². The Morgan fingerprint density at radius 3 is 2.27 bits per heavy atom. The van der Waals surface area contributed by atoms with E-state index < -0.39 is 0 Å². The summed E-state index contributed by atoms with van der Waals surface area (Å²) < 4.78 is 10.4. The van der Waals surface area contributed by atoms with Crippen LogP contribution in [0.5, 0.6) is 11.5 Å². The minimum atomic E-state index is -0.366. The third kappa shape index (κ3) is 6.77. The van der Waals surface area contributed by atoms with Gasteiger partial charge in [0.1, 0.15) is 17.2 Å². The number of benzene rings is 2. The number of methoxy groups -OCH3 is 2. The Morgan fingerprint density at radius 1 is 1.00 bits per heavy atom. The van der Waals surface area contributed by atoms with Gasteiger partial charge in [0.15, 0.2) is 5.13 Å². The van der Waals surface area contributed by atoms with Crippen LogP contribution < -0.4 is 14.8 Å². The second-order valence-electron chi connectivity index (χ2n) is 7.61. The molecule has 0 aliphatic rings. The fourth-order valence-electron chi connectivity index (χ4n) is 3.08. The molecule has 0 aliphatic heterocycles. The molecule has 0 unspecified atom stereocenters. The molecule has 8 nitrogen and oxygen atoms in total. The zero-order chi connectivity index (χ0) is 23.8. The van der Waals surface area contributed by atoms with E-state index in [0.717, 1.165) is 12.1 Å². The molecule has 9 heteroatoms. The van der Waals surface area contributed by atoms with E-state index in [2.05, 4.69) is 10.3 Å². The summed E-state index contributed by atoms with van der Waals surface area (Å²) in [5.74, 6) is 0.466. The molecular weight excluding hydrogens is 440 g/mol. The number of anilines is 1. The smallest absolute Gasteiger partial charge is 0.273 e. The van der Waals surface area contributed by atoms with Gasteiger partial charge >= 0.3 is 0 Å². The molecule has 2 aromatic carbocycles. The maximum absolute atomic E-state index is 13.2. The van der Waals surface area contributed by atoms with E-state index in [1.807, 2.05) is 49.3 Å². The van der Waals surface area contributed by atoms with Crippen molar-refractivity contribution in [1.29, 1.82) is 0 Å². The van der Waals surface area contributed by atoms with Crippen LogP contribution in [0.2, 0.25) is 0 Å². The maximum atomic E-state index is 13.2. The van der Waals surface area contributed by atoms with Crippen LogP contribution in [0.25, 0.3) is 0 Å². The Labute approximate surface area is 197 Å². The van der Waals surface area contributed by atoms with Crippen LogP contribution in [-0.4, -0.2) is 68.0 Å². The summed E-state index contributed by atoms with van der Waals surface area (Å²) in [6, 6.07) is 14.7. The van der Waals surface area contributed by atoms with Crippen LogP contribution in [0.1, 0.15) is 26.4 Å². The predicted molar refractivity (Wildman–Crippen MR) is 129 cm³/mol. The zero-order valence-electron chi connectivity index (χ0n) is 19.2. The van der Waals surface area contributed by atoms with E-state index in [9.17, 15) is 9.59 Å². The number of aromatic nitrogens is 1. The van der Waals surface area contributed by atoms with Crippen molar-refractivity contribution in [3.63, 3.8) is 0 Å². The van der Waals surface area contributed by atoms with Gasteiger partial charge in [-0.3, -0.25) is 14.9 Å². The van der Waals surface area contributed by atoms with Gasteiger partial charge in [0.05, 0.1) is 14.2 Å². The maximum Gasteiger partial charge on any atom is 0.273 e. The Hall–Kier alpha value is -3.43. The Bertz CT molecular complexity index is 1060. The average Bonchev–Trinajstić information content (AvgIpc) is 3.29. The minimum absolute atomic E-state index is 0.180. The molecule has 0 fully saturated rings. The van der Waals surface area contributed by atoms with Crippen molar-refractivity contribution in [3.05, 3.63) is 70.7 Å². The minimum Gasteiger partial charge on any atom is -0.497 e. The van der Waals surface area contributed by atoms with Crippen molar-refractivity contribution in [2.45, 2.75) is 6.54 Å². The second kappa shape index (κ2) is 11.4. The molecule has 1 aromatic heterocycles. The molecule has 3 rings (SSSR count). The average molecular weight is 469 g/mol. The fourth-order valence-corrected chi connectivity index (χ4v) is 3.76. The molecule has 0 saturated carbocycles. The highest BCUT2D eigenvalue weighted by Crippen LogP contribution is 2.24. The first kappa shape index (κ1) is 24.2. The zero-order valence-corrected chi connectivity index (χ0v) is 20.0. The normalized spacial score (nSPS) is 10.7. The van der Waals surface area contributed by atoms with E-state index in [1.54, 1.807) is 28.5 Å². The molecular formula is C24H28N4O4S. The molecule has 0 bridgehead atoms. The first-order valence-corrected chi connectivity index (χ1v) is 11.3. The SMILES string of the molecule is COc1cc(OC)cc(C(=O)Nc2nc(C(=O)N(CCN(C)C)Cc3ccccc3)cs2)c1. The summed E-state index contributed by atoms with van der Waals surface area (Å²) in [4.78, 5) is 34.1. The van der Waals surface area contributed by atoms with Crippen LogP contribution in [0.4, 0.5) is 5.13 Å². The lowest BCUT2D eigenvalue weighted by Gasteiger charge is -2.24. The third-order valence-corrected chi connectivity index (χ3v) is 5.64. The summed E-state index contributed by atoms with van der Waals surface area (Å²) in [6.07, 6.45) is 0. The number of ether oxygens (including phenoxy) is 2. The Balaban J connectivity index is 1.74. The fraction of sp³-hybridized carbons (Fsp3) is 0.292. The first-order chi connectivity index (χ1) is 15.9. The number of nitrogens with zero attached hydrogens (tertiary/aromatic N) is 3. The topological polar surface area (TPSA) is 84.0 Å². The van der Waals surface area contributed by atoms with Crippen LogP contribution in [0.15, 0.2) is 53.9 Å². The molecule has 0 aliphatic carbocycles. The van der Waals surface area contributed by atoms with E-state index in [0.29, 0.717) is 41.0 Å². The van der Waals surface area contributed by atoms with Crippen molar-refractivity contribution >= 4 is 28.3 Å². The standard InChI is InChI=1S/C24H28N4O4S/c1-27(2)10-11-28(15-17-8-6-5-7-9-17)23(30)21-16-33-24(25-21)26-22(29)18-12-19(31-3)14-20(13-18)32-4/h5-9,12-14,16H,10-11,15H2,1-4H3,(H,25,26,29). The number of amides is 2. The Morgan fingerprint density at radius 2 is 1.67 bits per heavy atom. The molecule has 1 heterocycles. The van der Waals surface area contributed by atoms with Crippen molar-refractivity contribution in [3.8, 4) is 11.5 Å². The molecule has 0 atom stereocenters. The molecule has 174 valence electrons. The summed E-state index contributed by atoms with van der Waals surface area (Å²) in [5.41, 5.74) is 1.71. The number of thiazole rings is 1. The first-order valence-electron chi connectivity index (χ1n) is 10.4. The van der Waals surface area contributed by atoms with Gasteiger partial charge in [0.25, 0.3) is 11.8 Å². The van der Waals surface area contributed by atoms with E-state index in [4.69, 9.17) is 9.47 Å². The molecule has 0 spiro atoms. The summed E-state index contributed by atoms with van der Waals surface area (Å²) in [5, 5.41) is 4.76. The number of hydrogen-bond donors (Lipinski definition) is 1. The van der Waals surface area contributed by atoms with Gasteiger partial charge in [-0.25, -0.2) is 4.98 Å². The monoisotopic (exact) mass is 468 g/mol. The number of rotatable bonds is 10. The van der Waals surface area contributed by atoms with Crippen molar-refractivity contribution in [1.82, 2.24) is 14.8 Å². The van der Waals surface area contributed by atoms with Crippen molar-refractivity contribution in [2.75, 3.05) is 46.7 Å². The van der Waals surface area contributed by atoms with Gasteiger partial charge in [-0.15, -0.1) is 11.3 Å². The van der Waals surface area contributed by atoms with Crippen LogP contribution in [-0.2, 0) is 6.54 Å². The lowest BCUT2D eigenvalue weighted by Crippen LogP contribution is -2.36. The van der Waals surface area contributed by atoms with Crippen molar-refractivity contribution in [2.24, 2.45) is 0 Å². The summed E-state index contributed by atoms with van der Waals surface area (Å²) in [7, 11) is 6.98. The highest BCUT2D eigenvalue weighted by atomic mass is 32.1. The molecule has 0 radical (unpaired) electrons. The highest BCUT2D eigenvalue weighted by molar-refractivity contribution is 7.14. The number of likely N-dealkylation sites (N-methyl/N-ethyl adjacent to an activating group) is 1. The van der Waals surface area contributed by atoms with E-state index in [-0.39, 0.29) is 11.8 Å². The van der Waals surface area contributed by atoms with Crippen LogP contribution in [0.3, 0.4) is 0 Å². The van der Waals surface area contributed by atoms with Crippen LogP contribution in [0, 0.1) is 0 Å². The summed E-state index contributed by atoms with van der Waals surface area (Å²) in [6.45, 7) is 1.77. The molecule has 0 saturated heterocycles. The largest absolute Gasteiger partial charge is 0.497 e. The molecule has 33 heavy (non-hydrogen) atoms. The Kier molecular flexibility index (Phi) is 8.39. The van der Waals surface area contributed by atoms with Gasteiger partial charge in [0, 0.05) is 36.6 Å². The van der Waals surface area contributed by atoms with E-state index >= 15 is 0 Å². The number of carbonyl (C=O) groups is 2. The number of carbonyl (C=O) groups excluding carboxylic acids is 2. The van der Waals surface area contributed by atoms with Crippen molar-refractivity contribution < 1.29 is 19.1 Å². The quantitative estimate of drug-likeness (QED) is 0.489. The lowest BCUT2D eigenvalue weighted by atomic mass is 10.2. The summed E-state index contributed by atoms with van der Waals surface area (Å²) >= 11 is 1.21. The van der Waals surface area contributed by atoms with E-state index in [1.165, 1.54) is 25.6 Å². The van der Waals surface area contributed by atoms with Gasteiger partial charge in [-0.1, -0.05) is 30.3 Å². The van der Waals surface area contributed by atoms with Gasteiger partial charge in [-0.05, 0) is 31.8 Å². The molecule has 1 N–H and O–H groups in total. The molecule has 3 aromatic rings. The highest BCUT2D eigenvalue weighted by Gasteiger charge is 2.20. The number of nitrogens with one attached hydrogen (secondary N) is 1. The lowest BCUT2D eigenvalue weighted by molar-refractivity contribution is 0.0726. The third-order valence-electron chi connectivity index (χ3n) is 4.88. The van der Waals surface area contributed by atoms with Gasteiger partial charge < -0.3 is 19.3 Å². The van der Waals surface area contributed by atoms with Gasteiger partial charge in [0.2, 0.25) is 0 Å². The predicted octanol–water partition coefficient (Wildman–Crippen LogP) is 3.62. The van der Waals surface area contributed by atoms with Crippen LogP contribution >= 0.6 is 11.3 Å².